The summed E-state index contributed by atoms with van der Waals surface area (Å²) in [6.07, 6.45) is 0.251. The SMILES string of the molecule is Cc1ccnn1C(C)C(=O)Nc1cnn(Cc2cccc(C(F)(F)F)c2)c1. The topological polar surface area (TPSA) is 64.7 Å². The number of nitrogens with zero attached hydrogens (tertiary/aromatic N) is 4. The Morgan fingerprint density at radius 3 is 2.70 bits per heavy atom. The molecule has 27 heavy (non-hydrogen) atoms. The van der Waals surface area contributed by atoms with Crippen LogP contribution in [0.1, 0.15) is 29.8 Å². The minimum Gasteiger partial charge on any atom is -0.322 e. The zero-order valence-electron chi connectivity index (χ0n) is 14.7. The predicted molar refractivity (Wildman–Crippen MR) is 93.1 cm³/mol. The monoisotopic (exact) mass is 377 g/mol. The van der Waals surface area contributed by atoms with Gasteiger partial charge in [-0.3, -0.25) is 14.2 Å². The number of aromatic nitrogens is 4. The summed E-state index contributed by atoms with van der Waals surface area (Å²) >= 11 is 0. The lowest BCUT2D eigenvalue weighted by molar-refractivity contribution is -0.137. The predicted octanol–water partition coefficient (Wildman–Crippen LogP) is 3.65. The number of hydrogen-bond donors (Lipinski definition) is 1. The van der Waals surface area contributed by atoms with E-state index in [1.807, 2.05) is 6.92 Å². The molecule has 1 aromatic carbocycles. The van der Waals surface area contributed by atoms with Crippen molar-refractivity contribution in [3.8, 4) is 0 Å². The number of amides is 1. The molecule has 0 saturated heterocycles. The van der Waals surface area contributed by atoms with E-state index < -0.39 is 17.8 Å². The maximum Gasteiger partial charge on any atom is 0.416 e. The van der Waals surface area contributed by atoms with Gasteiger partial charge >= 0.3 is 6.18 Å². The molecule has 2 heterocycles. The van der Waals surface area contributed by atoms with Gasteiger partial charge in [0.25, 0.3) is 0 Å². The number of alkyl halides is 3. The fourth-order valence-corrected chi connectivity index (χ4v) is 2.69. The van der Waals surface area contributed by atoms with E-state index in [1.54, 1.807) is 36.1 Å². The minimum absolute atomic E-state index is 0.160. The molecule has 0 aliphatic carbocycles. The quantitative estimate of drug-likeness (QED) is 0.738. The van der Waals surface area contributed by atoms with E-state index in [9.17, 15) is 18.0 Å². The second kappa shape index (κ2) is 7.26. The molecule has 0 saturated carbocycles. The van der Waals surface area contributed by atoms with E-state index in [0.29, 0.717) is 11.3 Å². The third kappa shape index (κ3) is 4.36. The van der Waals surface area contributed by atoms with Crippen LogP contribution in [0.25, 0.3) is 0 Å². The second-order valence-electron chi connectivity index (χ2n) is 6.21. The highest BCUT2D eigenvalue weighted by molar-refractivity contribution is 5.93. The van der Waals surface area contributed by atoms with Gasteiger partial charge in [-0.1, -0.05) is 12.1 Å². The summed E-state index contributed by atoms with van der Waals surface area (Å²) in [6, 6.07) is 6.36. The van der Waals surface area contributed by atoms with Crippen molar-refractivity contribution in [2.24, 2.45) is 0 Å². The Morgan fingerprint density at radius 2 is 2.04 bits per heavy atom. The zero-order chi connectivity index (χ0) is 19.6. The summed E-state index contributed by atoms with van der Waals surface area (Å²) in [5, 5.41) is 10.9. The largest absolute Gasteiger partial charge is 0.416 e. The molecule has 142 valence electrons. The third-order valence-electron chi connectivity index (χ3n) is 4.11. The first-order valence-corrected chi connectivity index (χ1v) is 8.23. The molecule has 1 N–H and O–H groups in total. The first-order chi connectivity index (χ1) is 12.7. The van der Waals surface area contributed by atoms with Gasteiger partial charge in [0.2, 0.25) is 5.91 Å². The van der Waals surface area contributed by atoms with Crippen LogP contribution in [0.3, 0.4) is 0 Å². The minimum atomic E-state index is -4.39. The first kappa shape index (κ1) is 18.7. The lowest BCUT2D eigenvalue weighted by Crippen LogP contribution is -2.25. The third-order valence-corrected chi connectivity index (χ3v) is 4.11. The van der Waals surface area contributed by atoms with Gasteiger partial charge in [-0.15, -0.1) is 0 Å². The maximum absolute atomic E-state index is 12.8. The van der Waals surface area contributed by atoms with Gasteiger partial charge in [0.1, 0.15) is 6.04 Å². The van der Waals surface area contributed by atoms with Crippen LogP contribution in [-0.2, 0) is 17.5 Å². The van der Waals surface area contributed by atoms with Gasteiger partial charge in [-0.25, -0.2) is 0 Å². The van der Waals surface area contributed by atoms with Gasteiger partial charge in [0.15, 0.2) is 0 Å². The molecule has 0 aliphatic rings. The summed E-state index contributed by atoms with van der Waals surface area (Å²) in [6.45, 7) is 3.74. The van der Waals surface area contributed by atoms with Crippen molar-refractivity contribution in [1.82, 2.24) is 19.6 Å². The number of carbonyl (C=O) groups excluding carboxylic acids is 1. The van der Waals surface area contributed by atoms with Crippen molar-refractivity contribution in [2.75, 3.05) is 5.32 Å². The van der Waals surface area contributed by atoms with Crippen LogP contribution >= 0.6 is 0 Å². The number of halogens is 3. The molecule has 3 rings (SSSR count). The fraction of sp³-hybridized carbons (Fsp3) is 0.278. The van der Waals surface area contributed by atoms with Crippen LogP contribution in [0, 0.1) is 6.92 Å². The molecule has 0 fully saturated rings. The number of benzene rings is 1. The number of anilines is 1. The highest BCUT2D eigenvalue weighted by Crippen LogP contribution is 2.29. The Hall–Kier alpha value is -3.10. The van der Waals surface area contributed by atoms with Gasteiger partial charge < -0.3 is 5.32 Å². The Labute approximate surface area is 153 Å². The molecule has 2 aromatic heterocycles. The van der Waals surface area contributed by atoms with Crippen molar-refractivity contribution in [3.63, 3.8) is 0 Å². The summed E-state index contributed by atoms with van der Waals surface area (Å²) in [5.41, 5.74) is 1.08. The molecular weight excluding hydrogens is 359 g/mol. The number of rotatable bonds is 5. The molecule has 1 unspecified atom stereocenters. The highest BCUT2D eigenvalue weighted by Gasteiger charge is 2.30. The van der Waals surface area contributed by atoms with E-state index in [4.69, 9.17) is 0 Å². The van der Waals surface area contributed by atoms with Crippen LogP contribution in [0.2, 0.25) is 0 Å². The first-order valence-electron chi connectivity index (χ1n) is 8.23. The van der Waals surface area contributed by atoms with Crippen molar-refractivity contribution >= 4 is 11.6 Å². The van der Waals surface area contributed by atoms with Gasteiger partial charge in [-0.2, -0.15) is 23.4 Å². The molecule has 0 bridgehead atoms. The Bertz CT molecular complexity index is 944. The molecule has 3 aromatic rings. The molecular formula is C18H18F3N5O. The second-order valence-corrected chi connectivity index (χ2v) is 6.21. The van der Waals surface area contributed by atoms with E-state index in [0.717, 1.165) is 17.8 Å². The molecule has 6 nitrogen and oxygen atoms in total. The van der Waals surface area contributed by atoms with Crippen molar-refractivity contribution < 1.29 is 18.0 Å². The van der Waals surface area contributed by atoms with Crippen molar-refractivity contribution in [1.29, 1.82) is 0 Å². The fourth-order valence-electron chi connectivity index (χ4n) is 2.69. The van der Waals surface area contributed by atoms with Gasteiger partial charge in [0.05, 0.1) is 24.0 Å². The summed E-state index contributed by atoms with van der Waals surface area (Å²) in [7, 11) is 0. The van der Waals surface area contributed by atoms with Crippen LogP contribution in [0.4, 0.5) is 18.9 Å². The Morgan fingerprint density at radius 1 is 1.26 bits per heavy atom. The van der Waals surface area contributed by atoms with E-state index in [-0.39, 0.29) is 12.5 Å². The molecule has 9 heteroatoms. The van der Waals surface area contributed by atoms with Crippen LogP contribution in [0.15, 0.2) is 48.9 Å². The number of carbonyl (C=O) groups is 1. The van der Waals surface area contributed by atoms with Crippen LogP contribution in [-0.4, -0.2) is 25.5 Å². The van der Waals surface area contributed by atoms with Crippen molar-refractivity contribution in [2.45, 2.75) is 32.6 Å². The zero-order valence-corrected chi connectivity index (χ0v) is 14.7. The standard InChI is InChI=1S/C18H18F3N5O/c1-12-6-7-22-26(12)13(2)17(27)24-16-9-23-25(11-16)10-14-4-3-5-15(8-14)18(19,20)21/h3-9,11,13H,10H2,1-2H3,(H,24,27). The summed E-state index contributed by atoms with van der Waals surface area (Å²) < 4.78 is 41.5. The number of hydrogen-bond acceptors (Lipinski definition) is 3. The van der Waals surface area contributed by atoms with Gasteiger partial charge in [0, 0.05) is 18.1 Å². The molecule has 1 atom stereocenters. The summed E-state index contributed by atoms with van der Waals surface area (Å²) in [4.78, 5) is 12.4. The molecule has 0 aliphatic heterocycles. The number of nitrogens with one attached hydrogen (secondary N) is 1. The molecule has 1 amide bonds. The average molecular weight is 377 g/mol. The molecule has 0 radical (unpaired) electrons. The highest BCUT2D eigenvalue weighted by atomic mass is 19.4. The van der Waals surface area contributed by atoms with E-state index in [1.165, 1.54) is 16.9 Å². The average Bonchev–Trinajstić information content (AvgIpc) is 3.22. The molecule has 0 spiro atoms. The van der Waals surface area contributed by atoms with Crippen LogP contribution in [0.5, 0.6) is 0 Å². The Balaban J connectivity index is 1.67. The maximum atomic E-state index is 12.8. The number of aryl methyl sites for hydroxylation is 1. The lowest BCUT2D eigenvalue weighted by Gasteiger charge is -2.13. The van der Waals surface area contributed by atoms with E-state index >= 15 is 0 Å². The normalized spacial score (nSPS) is 12.8. The van der Waals surface area contributed by atoms with Gasteiger partial charge in [-0.05, 0) is 37.6 Å². The van der Waals surface area contributed by atoms with Crippen LogP contribution < -0.4 is 5.32 Å². The Kier molecular flexibility index (Phi) is 5.02. The smallest absolute Gasteiger partial charge is 0.322 e. The lowest BCUT2D eigenvalue weighted by atomic mass is 10.1. The van der Waals surface area contributed by atoms with Crippen molar-refractivity contribution in [3.05, 3.63) is 65.7 Å². The van der Waals surface area contributed by atoms with E-state index in [2.05, 4.69) is 15.5 Å². The summed E-state index contributed by atoms with van der Waals surface area (Å²) in [5.74, 6) is -0.264.